The van der Waals surface area contributed by atoms with Crippen molar-refractivity contribution in [2.45, 2.75) is 32.2 Å². The molecule has 1 amide bonds. The first kappa shape index (κ1) is 18.8. The van der Waals surface area contributed by atoms with E-state index in [1.807, 2.05) is 37.3 Å². The van der Waals surface area contributed by atoms with Crippen molar-refractivity contribution in [3.8, 4) is 0 Å². The van der Waals surface area contributed by atoms with E-state index in [0.717, 1.165) is 31.5 Å². The third kappa shape index (κ3) is 3.86. The van der Waals surface area contributed by atoms with Crippen LogP contribution in [0, 0.1) is 6.92 Å². The quantitative estimate of drug-likeness (QED) is 0.711. The molecule has 0 aliphatic carbocycles. The average Bonchev–Trinajstić information content (AvgIpc) is 3.01. The molecule has 0 saturated carbocycles. The number of carbonyl (C=O) groups is 1. The molecule has 146 valence electrons. The third-order valence-electron chi connectivity index (χ3n) is 5.32. The predicted molar refractivity (Wildman–Crippen MR) is 112 cm³/mol. The van der Waals surface area contributed by atoms with Gasteiger partial charge in [0, 0.05) is 12.5 Å². The lowest BCUT2D eigenvalue weighted by molar-refractivity contribution is 0.0920. The van der Waals surface area contributed by atoms with Crippen LogP contribution in [-0.2, 0) is 6.42 Å². The number of H-pyrrole nitrogens is 1. The molecule has 4 rings (SSSR count). The number of rotatable bonds is 4. The number of aromatic nitrogens is 2. The molecule has 3 aromatic rings. The van der Waals surface area contributed by atoms with Gasteiger partial charge in [0.15, 0.2) is 0 Å². The lowest BCUT2D eigenvalue weighted by Gasteiger charge is -2.29. The zero-order valence-electron chi connectivity index (χ0n) is 16.1. The second kappa shape index (κ2) is 7.85. The molecule has 6 nitrogen and oxygen atoms in total. The minimum atomic E-state index is -0.178. The van der Waals surface area contributed by atoms with E-state index in [-0.39, 0.29) is 17.5 Å². The lowest BCUT2D eigenvalue weighted by atomic mass is 10.1. The van der Waals surface area contributed by atoms with Gasteiger partial charge in [0.2, 0.25) is 0 Å². The van der Waals surface area contributed by atoms with E-state index >= 15 is 0 Å². The van der Waals surface area contributed by atoms with Crippen molar-refractivity contribution in [1.29, 1.82) is 0 Å². The zero-order valence-corrected chi connectivity index (χ0v) is 16.9. The Morgan fingerprint density at radius 2 is 2.00 bits per heavy atom. The smallest absolute Gasteiger partial charge is 0.261 e. The number of piperidine rings is 1. The molecule has 2 N–H and O–H groups in total. The number of carbonyl (C=O) groups excluding carboxylic acids is 1. The molecule has 1 aliphatic heterocycles. The fourth-order valence-electron chi connectivity index (χ4n) is 3.68. The van der Waals surface area contributed by atoms with Crippen LogP contribution in [-0.4, -0.2) is 47.0 Å². The van der Waals surface area contributed by atoms with Gasteiger partial charge >= 0.3 is 0 Å². The number of thiophene rings is 1. The van der Waals surface area contributed by atoms with Crippen LogP contribution in [0.15, 0.2) is 35.1 Å². The van der Waals surface area contributed by atoms with Crippen LogP contribution in [0.4, 0.5) is 0 Å². The Balaban J connectivity index is 1.59. The summed E-state index contributed by atoms with van der Waals surface area (Å²) in [6.45, 7) is 3.80. The van der Waals surface area contributed by atoms with E-state index < -0.39 is 0 Å². The monoisotopic (exact) mass is 396 g/mol. The maximum atomic E-state index is 12.8. The Labute approximate surface area is 167 Å². The maximum absolute atomic E-state index is 12.8. The van der Waals surface area contributed by atoms with Crippen molar-refractivity contribution >= 4 is 27.5 Å². The molecular formula is C21H24N4O2S. The first-order chi connectivity index (χ1) is 13.5. The molecule has 0 radical (unpaired) electrons. The number of hydrogen-bond acceptors (Lipinski definition) is 5. The van der Waals surface area contributed by atoms with Gasteiger partial charge in [-0.15, -0.1) is 11.3 Å². The molecular weight excluding hydrogens is 372 g/mol. The standard InChI is InChI=1S/C21H24N4O2S/c1-13-17-19(26)23-16(12-14-6-4-3-5-7-14)24-21(17)28-18(13)20(27)22-15-8-10-25(2)11-9-15/h3-7,15H,8-12H2,1-2H3,(H,22,27)(H,23,24,26). The highest BCUT2D eigenvalue weighted by Crippen LogP contribution is 2.27. The highest BCUT2D eigenvalue weighted by Gasteiger charge is 2.23. The van der Waals surface area contributed by atoms with E-state index in [4.69, 9.17) is 0 Å². The van der Waals surface area contributed by atoms with Crippen LogP contribution in [0.25, 0.3) is 10.2 Å². The predicted octanol–water partition coefficient (Wildman–Crippen LogP) is 2.71. The number of nitrogens with one attached hydrogen (secondary N) is 2. The number of likely N-dealkylation sites (tertiary alicyclic amines) is 1. The first-order valence-corrected chi connectivity index (χ1v) is 10.4. The topological polar surface area (TPSA) is 78.1 Å². The van der Waals surface area contributed by atoms with Crippen LogP contribution < -0.4 is 10.9 Å². The molecule has 1 saturated heterocycles. The molecule has 2 aromatic heterocycles. The molecule has 28 heavy (non-hydrogen) atoms. The minimum Gasteiger partial charge on any atom is -0.349 e. The van der Waals surface area contributed by atoms with Gasteiger partial charge in [-0.3, -0.25) is 9.59 Å². The number of hydrogen-bond donors (Lipinski definition) is 2. The number of aromatic amines is 1. The van der Waals surface area contributed by atoms with Crippen LogP contribution in [0.2, 0.25) is 0 Å². The molecule has 1 aromatic carbocycles. The fourth-order valence-corrected chi connectivity index (χ4v) is 4.79. The Morgan fingerprint density at radius 3 is 2.71 bits per heavy atom. The SMILES string of the molecule is Cc1c(C(=O)NC2CCN(C)CC2)sc2nc(Cc3ccccc3)[nH]c(=O)c12. The summed E-state index contributed by atoms with van der Waals surface area (Å²) in [5.41, 5.74) is 1.62. The molecule has 0 bridgehead atoms. The van der Waals surface area contributed by atoms with Gasteiger partial charge in [-0.2, -0.15) is 0 Å². The second-order valence-corrected chi connectivity index (χ2v) is 8.46. The summed E-state index contributed by atoms with van der Waals surface area (Å²) >= 11 is 1.31. The van der Waals surface area contributed by atoms with E-state index in [2.05, 4.69) is 27.2 Å². The third-order valence-corrected chi connectivity index (χ3v) is 6.51. The normalized spacial score (nSPS) is 15.8. The number of benzene rings is 1. The van der Waals surface area contributed by atoms with Gasteiger partial charge < -0.3 is 15.2 Å². The summed E-state index contributed by atoms with van der Waals surface area (Å²) in [7, 11) is 2.10. The number of nitrogens with zero attached hydrogens (tertiary/aromatic N) is 2. The van der Waals surface area contributed by atoms with Crippen LogP contribution in [0.3, 0.4) is 0 Å². The van der Waals surface area contributed by atoms with E-state index in [0.29, 0.717) is 32.9 Å². The minimum absolute atomic E-state index is 0.0981. The van der Waals surface area contributed by atoms with Crippen molar-refractivity contribution in [3.63, 3.8) is 0 Å². The van der Waals surface area contributed by atoms with Gasteiger partial charge in [-0.05, 0) is 51.0 Å². The highest BCUT2D eigenvalue weighted by atomic mass is 32.1. The van der Waals surface area contributed by atoms with E-state index in [1.54, 1.807) is 0 Å². The van der Waals surface area contributed by atoms with Crippen molar-refractivity contribution in [1.82, 2.24) is 20.2 Å². The summed E-state index contributed by atoms with van der Waals surface area (Å²) in [6, 6.07) is 10.1. The van der Waals surface area contributed by atoms with Crippen molar-refractivity contribution in [2.24, 2.45) is 0 Å². The van der Waals surface area contributed by atoms with Gasteiger partial charge in [-0.25, -0.2) is 4.98 Å². The number of amides is 1. The maximum Gasteiger partial charge on any atom is 0.261 e. The van der Waals surface area contributed by atoms with E-state index in [1.165, 1.54) is 11.3 Å². The summed E-state index contributed by atoms with van der Waals surface area (Å²) in [4.78, 5) is 36.5. The molecule has 0 atom stereocenters. The van der Waals surface area contributed by atoms with Crippen LogP contribution in [0.5, 0.6) is 0 Å². The summed E-state index contributed by atoms with van der Waals surface area (Å²) in [5, 5.41) is 3.66. The van der Waals surface area contributed by atoms with Crippen molar-refractivity contribution in [3.05, 3.63) is 62.5 Å². The Kier molecular flexibility index (Phi) is 5.28. The Morgan fingerprint density at radius 1 is 1.29 bits per heavy atom. The molecule has 7 heteroatoms. The second-order valence-electron chi connectivity index (χ2n) is 7.46. The van der Waals surface area contributed by atoms with Gasteiger partial charge in [0.1, 0.15) is 10.7 Å². The van der Waals surface area contributed by atoms with Gasteiger partial charge in [-0.1, -0.05) is 30.3 Å². The number of fused-ring (bicyclic) bond motifs is 1. The van der Waals surface area contributed by atoms with Gasteiger partial charge in [0.25, 0.3) is 11.5 Å². The van der Waals surface area contributed by atoms with Crippen molar-refractivity contribution in [2.75, 3.05) is 20.1 Å². The summed E-state index contributed by atoms with van der Waals surface area (Å²) in [5.74, 6) is 0.520. The first-order valence-electron chi connectivity index (χ1n) is 9.57. The summed E-state index contributed by atoms with van der Waals surface area (Å²) < 4.78 is 0. The van der Waals surface area contributed by atoms with Crippen molar-refractivity contribution < 1.29 is 4.79 Å². The molecule has 1 fully saturated rings. The Bertz CT molecular complexity index is 1050. The van der Waals surface area contributed by atoms with Crippen LogP contribution >= 0.6 is 11.3 Å². The average molecular weight is 397 g/mol. The number of aryl methyl sites for hydroxylation is 1. The molecule has 0 spiro atoms. The molecule has 1 aliphatic rings. The Hall–Kier alpha value is -2.51. The lowest BCUT2D eigenvalue weighted by Crippen LogP contribution is -2.43. The summed E-state index contributed by atoms with van der Waals surface area (Å²) in [6.07, 6.45) is 2.46. The molecule has 3 heterocycles. The van der Waals surface area contributed by atoms with E-state index in [9.17, 15) is 9.59 Å². The zero-order chi connectivity index (χ0) is 19.7. The van der Waals surface area contributed by atoms with Crippen LogP contribution in [0.1, 0.15) is 39.5 Å². The fraction of sp³-hybridized carbons (Fsp3) is 0.381. The largest absolute Gasteiger partial charge is 0.349 e. The van der Waals surface area contributed by atoms with Gasteiger partial charge in [0.05, 0.1) is 10.3 Å². The highest BCUT2D eigenvalue weighted by molar-refractivity contribution is 7.20. The molecule has 0 unspecified atom stereocenters.